The highest BCUT2D eigenvalue weighted by Crippen LogP contribution is 2.20. The van der Waals surface area contributed by atoms with E-state index in [-0.39, 0.29) is 0 Å². The average molecular weight is 245 g/mol. The van der Waals surface area contributed by atoms with E-state index in [4.69, 9.17) is 0 Å². The first-order valence-electron chi connectivity index (χ1n) is 7.02. The molecule has 2 atom stereocenters. The molecule has 0 aliphatic rings. The molecule has 0 saturated carbocycles. The molecule has 1 N–H and O–H groups in total. The van der Waals surface area contributed by atoms with Crippen LogP contribution < -0.4 is 5.32 Å². The molecular weight excluding hydrogens is 214 g/mol. The Labute approximate surface area is 107 Å². The van der Waals surface area contributed by atoms with E-state index < -0.39 is 0 Å². The lowest BCUT2D eigenvalue weighted by Gasteiger charge is -2.23. The smallest absolute Gasteiger partial charge is 0.0160 e. The number of hydrogen-bond acceptors (Lipinski definition) is 2. The molecule has 0 aromatic heterocycles. The summed E-state index contributed by atoms with van der Waals surface area (Å²) >= 11 is 2.12. The first-order chi connectivity index (χ1) is 7.67. The first kappa shape index (κ1) is 16.3. The third kappa shape index (κ3) is 7.56. The minimum absolute atomic E-state index is 0.717. The molecule has 0 saturated heterocycles. The normalized spacial score (nSPS) is 15.4. The van der Waals surface area contributed by atoms with Crippen molar-refractivity contribution in [2.24, 2.45) is 5.92 Å². The third-order valence-electron chi connectivity index (χ3n) is 3.42. The van der Waals surface area contributed by atoms with Gasteiger partial charge in [0.1, 0.15) is 0 Å². The van der Waals surface area contributed by atoms with E-state index in [0.717, 1.165) is 17.7 Å². The van der Waals surface area contributed by atoms with Gasteiger partial charge in [0, 0.05) is 17.0 Å². The lowest BCUT2D eigenvalue weighted by atomic mass is 9.95. The third-order valence-corrected chi connectivity index (χ3v) is 4.92. The topological polar surface area (TPSA) is 12.0 Å². The van der Waals surface area contributed by atoms with E-state index in [1.165, 1.54) is 31.4 Å². The lowest BCUT2D eigenvalue weighted by molar-refractivity contribution is 0.388. The second-order valence-corrected chi connectivity index (χ2v) is 6.20. The maximum absolute atomic E-state index is 3.64. The minimum Gasteiger partial charge on any atom is -0.313 e. The van der Waals surface area contributed by atoms with Gasteiger partial charge in [-0.25, -0.2) is 0 Å². The molecule has 0 radical (unpaired) electrons. The van der Waals surface area contributed by atoms with Crippen molar-refractivity contribution in [3.63, 3.8) is 0 Å². The van der Waals surface area contributed by atoms with Crippen LogP contribution in [0.2, 0.25) is 0 Å². The lowest BCUT2D eigenvalue weighted by Crippen LogP contribution is -2.33. The molecule has 2 heteroatoms. The highest BCUT2D eigenvalue weighted by molar-refractivity contribution is 7.99. The van der Waals surface area contributed by atoms with Crippen molar-refractivity contribution in [1.82, 2.24) is 5.32 Å². The maximum atomic E-state index is 3.64. The van der Waals surface area contributed by atoms with E-state index in [2.05, 4.69) is 51.7 Å². The van der Waals surface area contributed by atoms with Crippen LogP contribution in [0.1, 0.15) is 60.3 Å². The number of thioether (sulfide) groups is 1. The zero-order chi connectivity index (χ0) is 12.4. The predicted molar refractivity (Wildman–Crippen MR) is 78.4 cm³/mol. The van der Waals surface area contributed by atoms with Gasteiger partial charge in [0.25, 0.3) is 0 Å². The molecule has 16 heavy (non-hydrogen) atoms. The number of nitrogens with one attached hydrogen (secondary N) is 1. The highest BCUT2D eigenvalue weighted by Gasteiger charge is 2.14. The Morgan fingerprint density at radius 2 is 1.62 bits per heavy atom. The molecule has 0 aliphatic heterocycles. The average Bonchev–Trinajstić information content (AvgIpc) is 2.32. The van der Waals surface area contributed by atoms with Gasteiger partial charge in [-0.2, -0.15) is 11.8 Å². The predicted octanol–water partition coefficient (Wildman–Crippen LogP) is 4.32. The van der Waals surface area contributed by atoms with E-state index in [1.807, 2.05) is 0 Å². The van der Waals surface area contributed by atoms with Crippen LogP contribution >= 0.6 is 11.8 Å². The molecule has 1 nitrogen and oxygen atoms in total. The standard InChI is InChI=1S/C14H31NS/c1-6-12(5)16-11-14(15-9-4)10-13(7-2)8-3/h12-15H,6-11H2,1-5H3. The van der Waals surface area contributed by atoms with E-state index in [0.29, 0.717) is 6.04 Å². The minimum atomic E-state index is 0.717. The van der Waals surface area contributed by atoms with Gasteiger partial charge >= 0.3 is 0 Å². The summed E-state index contributed by atoms with van der Waals surface area (Å²) in [6.07, 6.45) is 5.29. The number of hydrogen-bond donors (Lipinski definition) is 1. The van der Waals surface area contributed by atoms with Crippen molar-refractivity contribution in [1.29, 1.82) is 0 Å². The van der Waals surface area contributed by atoms with Crippen LogP contribution in [0.5, 0.6) is 0 Å². The molecule has 0 spiro atoms. The second-order valence-electron chi connectivity index (χ2n) is 4.73. The molecule has 0 aliphatic carbocycles. The summed E-state index contributed by atoms with van der Waals surface area (Å²) in [6.45, 7) is 12.6. The van der Waals surface area contributed by atoms with Crippen molar-refractivity contribution in [3.05, 3.63) is 0 Å². The molecule has 0 fully saturated rings. The van der Waals surface area contributed by atoms with Gasteiger partial charge < -0.3 is 5.32 Å². The van der Waals surface area contributed by atoms with Gasteiger partial charge in [0.15, 0.2) is 0 Å². The molecule has 0 amide bonds. The Morgan fingerprint density at radius 3 is 2.06 bits per heavy atom. The summed E-state index contributed by atoms with van der Waals surface area (Å²) in [5, 5.41) is 4.45. The van der Waals surface area contributed by atoms with E-state index >= 15 is 0 Å². The molecular formula is C14H31NS. The van der Waals surface area contributed by atoms with Gasteiger partial charge in [-0.05, 0) is 25.3 Å². The zero-order valence-electron chi connectivity index (χ0n) is 11.9. The van der Waals surface area contributed by atoms with E-state index in [1.54, 1.807) is 0 Å². The first-order valence-corrected chi connectivity index (χ1v) is 8.07. The SMILES string of the molecule is CCNC(CSC(C)CC)CC(CC)CC. The fourth-order valence-electron chi connectivity index (χ4n) is 1.92. The summed E-state index contributed by atoms with van der Waals surface area (Å²) in [5.41, 5.74) is 0. The fourth-order valence-corrected chi connectivity index (χ4v) is 2.97. The van der Waals surface area contributed by atoms with Crippen molar-refractivity contribution in [2.75, 3.05) is 12.3 Å². The Kier molecular flexibility index (Phi) is 10.7. The molecule has 0 heterocycles. The summed E-state index contributed by atoms with van der Waals surface area (Å²) < 4.78 is 0. The summed E-state index contributed by atoms with van der Waals surface area (Å²) in [7, 11) is 0. The largest absolute Gasteiger partial charge is 0.313 e. The summed E-state index contributed by atoms with van der Waals surface area (Å²) in [6, 6.07) is 0.717. The Balaban J connectivity index is 3.95. The van der Waals surface area contributed by atoms with Crippen LogP contribution in [0.4, 0.5) is 0 Å². The van der Waals surface area contributed by atoms with Crippen LogP contribution in [0.3, 0.4) is 0 Å². The van der Waals surface area contributed by atoms with Crippen LogP contribution in [-0.2, 0) is 0 Å². The summed E-state index contributed by atoms with van der Waals surface area (Å²) in [5.74, 6) is 2.18. The van der Waals surface area contributed by atoms with Crippen LogP contribution in [-0.4, -0.2) is 23.6 Å². The molecule has 2 unspecified atom stereocenters. The highest BCUT2D eigenvalue weighted by atomic mass is 32.2. The van der Waals surface area contributed by atoms with Crippen LogP contribution in [0, 0.1) is 5.92 Å². The molecule has 0 aromatic rings. The fraction of sp³-hybridized carbons (Fsp3) is 1.00. The van der Waals surface area contributed by atoms with Crippen LogP contribution in [0.15, 0.2) is 0 Å². The Morgan fingerprint density at radius 1 is 1.00 bits per heavy atom. The monoisotopic (exact) mass is 245 g/mol. The maximum Gasteiger partial charge on any atom is 0.0160 e. The van der Waals surface area contributed by atoms with Crippen molar-refractivity contribution in [2.45, 2.75) is 71.6 Å². The Hall–Kier alpha value is 0.310. The van der Waals surface area contributed by atoms with Gasteiger partial charge in [-0.1, -0.05) is 47.5 Å². The van der Waals surface area contributed by atoms with E-state index in [9.17, 15) is 0 Å². The molecule has 98 valence electrons. The van der Waals surface area contributed by atoms with Crippen molar-refractivity contribution >= 4 is 11.8 Å². The van der Waals surface area contributed by atoms with Crippen LogP contribution in [0.25, 0.3) is 0 Å². The number of rotatable bonds is 10. The summed E-state index contributed by atoms with van der Waals surface area (Å²) in [4.78, 5) is 0. The van der Waals surface area contributed by atoms with Crippen molar-refractivity contribution < 1.29 is 0 Å². The van der Waals surface area contributed by atoms with Gasteiger partial charge in [-0.15, -0.1) is 0 Å². The van der Waals surface area contributed by atoms with Gasteiger partial charge in [0.2, 0.25) is 0 Å². The zero-order valence-corrected chi connectivity index (χ0v) is 12.7. The quantitative estimate of drug-likeness (QED) is 0.615. The molecule has 0 aromatic carbocycles. The van der Waals surface area contributed by atoms with Gasteiger partial charge in [-0.3, -0.25) is 0 Å². The van der Waals surface area contributed by atoms with Gasteiger partial charge in [0.05, 0.1) is 0 Å². The second kappa shape index (κ2) is 10.5. The van der Waals surface area contributed by atoms with Crippen molar-refractivity contribution in [3.8, 4) is 0 Å². The molecule has 0 bridgehead atoms. The Bertz CT molecular complexity index is 146. The molecule has 0 rings (SSSR count).